The number of nitrogens with one attached hydrogen (secondary N) is 1. The minimum Gasteiger partial charge on any atom is -0.317 e. The van der Waals surface area contributed by atoms with Crippen LogP contribution in [0.5, 0.6) is 0 Å². The Balaban J connectivity index is 1.68. The van der Waals surface area contributed by atoms with Gasteiger partial charge in [0.05, 0.1) is 0 Å². The minimum atomic E-state index is 0.858. The highest BCUT2D eigenvalue weighted by molar-refractivity contribution is 4.95. The van der Waals surface area contributed by atoms with Gasteiger partial charge in [0.1, 0.15) is 0 Å². The van der Waals surface area contributed by atoms with E-state index in [1.54, 1.807) is 0 Å². The first-order valence-electron chi connectivity index (χ1n) is 9.61. The Hall–Kier alpha value is -0.0800. The molecular weight excluding hydrogens is 256 g/mol. The number of hydrogen-bond acceptors (Lipinski definition) is 2. The number of nitrogens with zero attached hydrogens (tertiary/aromatic N) is 1. The van der Waals surface area contributed by atoms with Gasteiger partial charge in [-0.2, -0.15) is 0 Å². The molecule has 1 N–H and O–H groups in total. The van der Waals surface area contributed by atoms with Gasteiger partial charge in [-0.25, -0.2) is 0 Å². The second-order valence-electron chi connectivity index (χ2n) is 8.51. The first-order valence-corrected chi connectivity index (χ1v) is 9.61. The van der Waals surface area contributed by atoms with Crippen molar-refractivity contribution in [2.75, 3.05) is 19.6 Å². The summed E-state index contributed by atoms with van der Waals surface area (Å²) in [4.78, 5) is 3.00. The van der Waals surface area contributed by atoms with Crippen molar-refractivity contribution in [3.63, 3.8) is 0 Å². The highest BCUT2D eigenvalue weighted by atomic mass is 15.2. The molecule has 3 atom stereocenters. The Morgan fingerprint density at radius 1 is 1.00 bits per heavy atom. The quantitative estimate of drug-likeness (QED) is 0.826. The van der Waals surface area contributed by atoms with Crippen molar-refractivity contribution >= 4 is 0 Å². The Kier molecular flexibility index (Phi) is 5.27. The molecule has 0 aromatic rings. The zero-order valence-electron chi connectivity index (χ0n) is 14.5. The second-order valence-corrected chi connectivity index (χ2v) is 8.51. The van der Waals surface area contributed by atoms with E-state index in [1.807, 2.05) is 0 Å². The lowest BCUT2D eigenvalue weighted by molar-refractivity contribution is 0.0382. The van der Waals surface area contributed by atoms with Crippen molar-refractivity contribution in [3.05, 3.63) is 0 Å². The molecule has 0 spiro atoms. The van der Waals surface area contributed by atoms with Crippen molar-refractivity contribution in [2.45, 2.75) is 77.8 Å². The Morgan fingerprint density at radius 2 is 1.71 bits per heavy atom. The fourth-order valence-corrected chi connectivity index (χ4v) is 4.86. The summed E-state index contributed by atoms with van der Waals surface area (Å²) >= 11 is 0. The molecule has 0 aromatic carbocycles. The molecule has 3 rings (SSSR count). The summed E-state index contributed by atoms with van der Waals surface area (Å²) in [5.41, 5.74) is 0. The molecule has 21 heavy (non-hydrogen) atoms. The molecule has 0 bridgehead atoms. The van der Waals surface area contributed by atoms with Crippen LogP contribution in [-0.2, 0) is 0 Å². The van der Waals surface area contributed by atoms with Crippen LogP contribution in [0.1, 0.15) is 65.7 Å². The minimum absolute atomic E-state index is 0.858. The van der Waals surface area contributed by atoms with E-state index >= 15 is 0 Å². The fraction of sp³-hybridized carbons (Fsp3) is 1.00. The van der Waals surface area contributed by atoms with Gasteiger partial charge in [-0.1, -0.05) is 27.2 Å². The smallest absolute Gasteiger partial charge is 0.0131 e. The third-order valence-electron chi connectivity index (χ3n) is 6.36. The second kappa shape index (κ2) is 7.00. The molecule has 1 aliphatic heterocycles. The maximum absolute atomic E-state index is 3.53. The molecule has 1 saturated heterocycles. The van der Waals surface area contributed by atoms with E-state index in [9.17, 15) is 0 Å². The zero-order valence-corrected chi connectivity index (χ0v) is 14.5. The Labute approximate surface area is 132 Å². The lowest BCUT2D eigenvalue weighted by Crippen LogP contribution is -2.49. The SMILES string of the molecule is CC1CCC(C(C)C)C(N(CC2CCNCC2)C2CC2)C1. The first-order chi connectivity index (χ1) is 10.1. The predicted molar refractivity (Wildman–Crippen MR) is 90.5 cm³/mol. The predicted octanol–water partition coefficient (Wildman–Crippen LogP) is 3.91. The van der Waals surface area contributed by atoms with Gasteiger partial charge >= 0.3 is 0 Å². The summed E-state index contributed by atoms with van der Waals surface area (Å²) < 4.78 is 0. The molecule has 2 saturated carbocycles. The van der Waals surface area contributed by atoms with Crippen LogP contribution in [-0.4, -0.2) is 36.6 Å². The molecule has 2 heteroatoms. The molecule has 3 unspecified atom stereocenters. The van der Waals surface area contributed by atoms with Gasteiger partial charge in [-0.3, -0.25) is 4.90 Å². The normalized spacial score (nSPS) is 35.6. The highest BCUT2D eigenvalue weighted by Gasteiger charge is 2.41. The van der Waals surface area contributed by atoms with E-state index in [1.165, 1.54) is 64.6 Å². The van der Waals surface area contributed by atoms with E-state index in [0.717, 1.165) is 35.8 Å². The van der Waals surface area contributed by atoms with Gasteiger partial charge in [0, 0.05) is 18.6 Å². The van der Waals surface area contributed by atoms with Gasteiger partial charge in [0.25, 0.3) is 0 Å². The number of rotatable bonds is 5. The highest BCUT2D eigenvalue weighted by Crippen LogP contribution is 2.41. The standard InChI is InChI=1S/C19H36N2/c1-14(2)18-7-4-15(3)12-19(18)21(17-5-6-17)13-16-8-10-20-11-9-16/h14-20H,4-13H2,1-3H3. The van der Waals surface area contributed by atoms with Crippen LogP contribution in [0.4, 0.5) is 0 Å². The number of hydrogen-bond donors (Lipinski definition) is 1. The van der Waals surface area contributed by atoms with E-state index in [0.29, 0.717) is 0 Å². The topological polar surface area (TPSA) is 15.3 Å². The molecule has 3 aliphatic rings. The first kappa shape index (κ1) is 15.8. The third kappa shape index (κ3) is 4.01. The summed E-state index contributed by atoms with van der Waals surface area (Å²) in [6.07, 6.45) is 10.1. The number of piperidine rings is 1. The van der Waals surface area contributed by atoms with E-state index in [2.05, 4.69) is 31.0 Å². The van der Waals surface area contributed by atoms with Crippen LogP contribution in [0, 0.1) is 23.7 Å². The summed E-state index contributed by atoms with van der Waals surface area (Å²) in [5.74, 6) is 3.71. The molecule has 1 heterocycles. The van der Waals surface area contributed by atoms with Gasteiger partial charge in [-0.05, 0) is 75.3 Å². The van der Waals surface area contributed by atoms with Crippen LogP contribution in [0.25, 0.3) is 0 Å². The summed E-state index contributed by atoms with van der Waals surface area (Å²) in [5, 5.41) is 3.53. The van der Waals surface area contributed by atoms with Gasteiger partial charge in [0.2, 0.25) is 0 Å². The molecule has 3 fully saturated rings. The maximum Gasteiger partial charge on any atom is 0.0131 e. The van der Waals surface area contributed by atoms with Crippen molar-refractivity contribution in [3.8, 4) is 0 Å². The Morgan fingerprint density at radius 3 is 2.33 bits per heavy atom. The molecule has 122 valence electrons. The van der Waals surface area contributed by atoms with Crippen LogP contribution in [0.15, 0.2) is 0 Å². The zero-order chi connectivity index (χ0) is 14.8. The molecule has 2 nitrogen and oxygen atoms in total. The average molecular weight is 293 g/mol. The average Bonchev–Trinajstić information content (AvgIpc) is 3.30. The molecule has 0 radical (unpaired) electrons. The molecular formula is C19H36N2. The van der Waals surface area contributed by atoms with Crippen LogP contribution < -0.4 is 5.32 Å². The largest absolute Gasteiger partial charge is 0.317 e. The van der Waals surface area contributed by atoms with Gasteiger partial charge in [-0.15, -0.1) is 0 Å². The van der Waals surface area contributed by atoms with Gasteiger partial charge in [0.15, 0.2) is 0 Å². The van der Waals surface area contributed by atoms with E-state index in [4.69, 9.17) is 0 Å². The third-order valence-corrected chi connectivity index (χ3v) is 6.36. The summed E-state index contributed by atoms with van der Waals surface area (Å²) in [6, 6.07) is 1.83. The van der Waals surface area contributed by atoms with Crippen LogP contribution >= 0.6 is 0 Å². The fourth-order valence-electron chi connectivity index (χ4n) is 4.86. The monoisotopic (exact) mass is 292 g/mol. The summed E-state index contributed by atoms with van der Waals surface area (Å²) in [7, 11) is 0. The van der Waals surface area contributed by atoms with Crippen molar-refractivity contribution in [1.29, 1.82) is 0 Å². The molecule has 0 amide bonds. The molecule has 2 aliphatic carbocycles. The van der Waals surface area contributed by atoms with Crippen molar-refractivity contribution < 1.29 is 0 Å². The van der Waals surface area contributed by atoms with Crippen molar-refractivity contribution in [1.82, 2.24) is 10.2 Å². The van der Waals surface area contributed by atoms with Crippen LogP contribution in [0.2, 0.25) is 0 Å². The summed E-state index contributed by atoms with van der Waals surface area (Å²) in [6.45, 7) is 11.3. The van der Waals surface area contributed by atoms with Crippen LogP contribution in [0.3, 0.4) is 0 Å². The lowest BCUT2D eigenvalue weighted by Gasteiger charge is -2.45. The lowest BCUT2D eigenvalue weighted by atomic mass is 9.73. The van der Waals surface area contributed by atoms with Gasteiger partial charge < -0.3 is 5.32 Å². The molecule has 0 aromatic heterocycles. The van der Waals surface area contributed by atoms with Crippen molar-refractivity contribution in [2.24, 2.45) is 23.7 Å². The van der Waals surface area contributed by atoms with E-state index < -0.39 is 0 Å². The Bertz CT molecular complexity index is 318. The van der Waals surface area contributed by atoms with E-state index in [-0.39, 0.29) is 0 Å². The maximum atomic E-state index is 3.53.